The molecule has 266 valence electrons. The molecule has 0 aromatic heterocycles. The summed E-state index contributed by atoms with van der Waals surface area (Å²) in [4.78, 5) is 48.3. The third-order valence-electron chi connectivity index (χ3n) is 11.1. The number of phenols is 1. The van der Waals surface area contributed by atoms with Gasteiger partial charge in [0.25, 0.3) is 0 Å². The van der Waals surface area contributed by atoms with Crippen molar-refractivity contribution in [1.82, 2.24) is 19.6 Å². The van der Waals surface area contributed by atoms with Crippen LogP contribution in [0.1, 0.15) is 61.6 Å². The number of rotatable bonds is 7. The van der Waals surface area contributed by atoms with Crippen LogP contribution in [0.3, 0.4) is 0 Å². The summed E-state index contributed by atoms with van der Waals surface area (Å²) >= 11 is 6.02. The Hall–Kier alpha value is -3.51. The lowest BCUT2D eigenvalue weighted by Crippen LogP contribution is -2.51. The van der Waals surface area contributed by atoms with Crippen molar-refractivity contribution < 1.29 is 32.7 Å². The first-order chi connectivity index (χ1) is 23.4. The summed E-state index contributed by atoms with van der Waals surface area (Å²) in [6, 6.07) is 9.51. The lowest BCUT2D eigenvalue weighted by atomic mass is 9.78. The van der Waals surface area contributed by atoms with Crippen molar-refractivity contribution in [3.63, 3.8) is 0 Å². The number of phenolic OH excluding ortho intramolecular Hbond substituents is 1. The quantitative estimate of drug-likeness (QED) is 0.357. The summed E-state index contributed by atoms with van der Waals surface area (Å²) in [7, 11) is 2.13. The van der Waals surface area contributed by atoms with E-state index in [1.54, 1.807) is 14.7 Å². The van der Waals surface area contributed by atoms with Gasteiger partial charge in [-0.3, -0.25) is 9.59 Å². The maximum Gasteiger partial charge on any atom is 0.420 e. The zero-order valence-electron chi connectivity index (χ0n) is 27.9. The normalized spacial score (nSPS) is 21.0. The summed E-state index contributed by atoms with van der Waals surface area (Å²) in [6.07, 6.45) is 0.0520. The average Bonchev–Trinajstić information content (AvgIpc) is 3.09. The molecule has 0 aliphatic carbocycles. The molecule has 3 fully saturated rings. The summed E-state index contributed by atoms with van der Waals surface area (Å²) in [6.45, 7) is 4.54. The van der Waals surface area contributed by atoms with Crippen molar-refractivity contribution in [1.29, 1.82) is 0 Å². The number of aromatic hydroxyl groups is 1. The fourth-order valence-corrected chi connectivity index (χ4v) is 8.40. The number of hydrogen-bond donors (Lipinski definition) is 2. The molecule has 4 heterocycles. The van der Waals surface area contributed by atoms with Gasteiger partial charge in [-0.05, 0) is 106 Å². The van der Waals surface area contributed by atoms with Crippen molar-refractivity contribution in [2.75, 3.05) is 51.6 Å². The number of fused-ring (bicyclic) bond motifs is 1. The number of para-hydroxylation sites is 1. The number of nitrogens with one attached hydrogen (secondary N) is 1. The van der Waals surface area contributed by atoms with E-state index in [0.717, 1.165) is 56.1 Å². The highest BCUT2D eigenvalue weighted by molar-refractivity contribution is 6.32. The molecule has 0 unspecified atom stereocenters. The van der Waals surface area contributed by atoms with Gasteiger partial charge in [-0.25, -0.2) is 4.79 Å². The lowest BCUT2D eigenvalue weighted by Gasteiger charge is -2.41. The van der Waals surface area contributed by atoms with Crippen LogP contribution in [0.5, 0.6) is 5.75 Å². The van der Waals surface area contributed by atoms with E-state index >= 15 is 0 Å². The minimum Gasteiger partial charge on any atom is -0.506 e. The van der Waals surface area contributed by atoms with Crippen LogP contribution in [0, 0.1) is 17.8 Å². The molecule has 0 saturated carbocycles. The molecular weight excluding hydrogens is 659 g/mol. The average molecular weight is 704 g/mol. The number of benzene rings is 2. The van der Waals surface area contributed by atoms with Gasteiger partial charge < -0.3 is 30.0 Å². The van der Waals surface area contributed by atoms with E-state index in [-0.39, 0.29) is 42.3 Å². The van der Waals surface area contributed by atoms with E-state index in [1.807, 2.05) is 24.3 Å². The van der Waals surface area contributed by atoms with Gasteiger partial charge in [0.05, 0.1) is 16.5 Å². The highest BCUT2D eigenvalue weighted by Crippen LogP contribution is 2.41. The first-order valence-electron chi connectivity index (χ1n) is 17.4. The second-order valence-corrected chi connectivity index (χ2v) is 14.6. The molecule has 4 aliphatic heterocycles. The van der Waals surface area contributed by atoms with Crippen LogP contribution < -0.4 is 5.32 Å². The maximum atomic E-state index is 14.1. The highest BCUT2D eigenvalue weighted by atomic mass is 35.5. The number of amides is 4. The summed E-state index contributed by atoms with van der Waals surface area (Å²) in [5, 5.41) is 12.5. The van der Waals surface area contributed by atoms with E-state index in [0.29, 0.717) is 57.4 Å². The standard InChI is InChI=1S/C36H45ClF3N5O4/c1-42-12-6-24(7-13-42)25-8-14-44(15-9-25)34(48)27(18-23-19-29(36(38,39)40)33(47)30(37)20-23)21-32(46)43-16-10-28(11-17-43)45-22-26-4-2-3-5-31(26)41-35(45)49/h2-5,19-20,24-25,27-28,47H,6-18,21-22H2,1H3,(H,41,49)/t27-/m0/s1. The molecule has 9 nitrogen and oxygen atoms in total. The van der Waals surface area contributed by atoms with E-state index in [4.69, 9.17) is 11.6 Å². The third-order valence-corrected chi connectivity index (χ3v) is 11.4. The minimum atomic E-state index is -4.84. The molecule has 2 aromatic rings. The van der Waals surface area contributed by atoms with E-state index in [2.05, 4.69) is 17.3 Å². The van der Waals surface area contributed by atoms with Crippen LogP contribution in [-0.2, 0) is 28.7 Å². The van der Waals surface area contributed by atoms with Crippen LogP contribution in [0.25, 0.3) is 0 Å². The van der Waals surface area contributed by atoms with Gasteiger partial charge in [0.2, 0.25) is 11.8 Å². The first-order valence-corrected chi connectivity index (χ1v) is 17.7. The lowest BCUT2D eigenvalue weighted by molar-refractivity contribution is -0.143. The molecular formula is C36H45ClF3N5O4. The first kappa shape index (κ1) is 35.3. The number of piperidine rings is 3. The molecule has 2 N–H and O–H groups in total. The predicted molar refractivity (Wildman–Crippen MR) is 180 cm³/mol. The van der Waals surface area contributed by atoms with E-state index in [9.17, 15) is 32.7 Å². The van der Waals surface area contributed by atoms with Crippen LogP contribution in [-0.4, -0.2) is 94.9 Å². The van der Waals surface area contributed by atoms with Crippen molar-refractivity contribution >= 4 is 35.1 Å². The summed E-state index contributed by atoms with van der Waals surface area (Å²) < 4.78 is 41.2. The Morgan fingerprint density at radius 1 is 0.939 bits per heavy atom. The zero-order valence-corrected chi connectivity index (χ0v) is 28.6. The number of anilines is 1. The topological polar surface area (TPSA) is 96.4 Å². The Morgan fingerprint density at radius 3 is 2.20 bits per heavy atom. The molecule has 49 heavy (non-hydrogen) atoms. The number of hydrogen-bond acceptors (Lipinski definition) is 5. The smallest absolute Gasteiger partial charge is 0.420 e. The van der Waals surface area contributed by atoms with E-state index in [1.165, 1.54) is 6.07 Å². The minimum absolute atomic E-state index is 0.0550. The maximum absolute atomic E-state index is 14.1. The number of alkyl halides is 3. The summed E-state index contributed by atoms with van der Waals surface area (Å²) in [5.41, 5.74) is 0.700. The van der Waals surface area contributed by atoms with Gasteiger partial charge in [-0.1, -0.05) is 29.8 Å². The molecule has 4 aliphatic rings. The van der Waals surface area contributed by atoms with E-state index < -0.39 is 28.4 Å². The molecule has 4 amide bonds. The molecule has 3 saturated heterocycles. The van der Waals surface area contributed by atoms with Crippen molar-refractivity contribution in [2.45, 2.75) is 70.1 Å². The highest BCUT2D eigenvalue weighted by Gasteiger charge is 2.38. The van der Waals surface area contributed by atoms with Gasteiger partial charge in [0.15, 0.2) is 0 Å². The van der Waals surface area contributed by atoms with Gasteiger partial charge in [0, 0.05) is 50.9 Å². The Kier molecular flexibility index (Phi) is 10.6. The predicted octanol–water partition coefficient (Wildman–Crippen LogP) is 6.23. The Labute approximate surface area is 290 Å². The third kappa shape index (κ3) is 8.11. The largest absolute Gasteiger partial charge is 0.506 e. The molecule has 0 spiro atoms. The summed E-state index contributed by atoms with van der Waals surface area (Å²) in [5.74, 6) is -1.28. The number of carbonyl (C=O) groups excluding carboxylic acids is 3. The molecule has 0 radical (unpaired) electrons. The Balaban J connectivity index is 1.13. The van der Waals surface area contributed by atoms with Gasteiger partial charge >= 0.3 is 12.2 Å². The van der Waals surface area contributed by atoms with Crippen LogP contribution in [0.4, 0.5) is 23.7 Å². The molecule has 1 atom stereocenters. The Morgan fingerprint density at radius 2 is 1.55 bits per heavy atom. The zero-order chi connectivity index (χ0) is 34.9. The Bertz CT molecular complexity index is 1530. The van der Waals surface area contributed by atoms with Gasteiger partial charge in [-0.15, -0.1) is 0 Å². The molecule has 13 heteroatoms. The number of carbonyl (C=O) groups is 3. The van der Waals surface area contributed by atoms with Crippen LogP contribution in [0.15, 0.2) is 36.4 Å². The van der Waals surface area contributed by atoms with Crippen molar-refractivity contribution in [3.05, 3.63) is 58.1 Å². The van der Waals surface area contributed by atoms with Crippen LogP contribution >= 0.6 is 11.6 Å². The van der Waals surface area contributed by atoms with Crippen molar-refractivity contribution in [2.24, 2.45) is 17.8 Å². The molecule has 0 bridgehead atoms. The number of likely N-dealkylation sites (tertiary alicyclic amines) is 3. The number of halogens is 4. The number of nitrogens with zero attached hydrogens (tertiary/aromatic N) is 4. The molecule has 2 aromatic carbocycles. The van der Waals surface area contributed by atoms with Gasteiger partial charge in [-0.2, -0.15) is 13.2 Å². The number of urea groups is 1. The van der Waals surface area contributed by atoms with Crippen molar-refractivity contribution in [3.8, 4) is 5.75 Å². The fourth-order valence-electron chi connectivity index (χ4n) is 8.15. The second kappa shape index (κ2) is 14.8. The SMILES string of the molecule is CN1CCC(C2CCN(C(=O)[C@H](CC(=O)N3CCC(N4Cc5ccccc5NC4=O)CC3)Cc3cc(Cl)c(O)c(C(F)(F)F)c3)CC2)CC1. The monoisotopic (exact) mass is 703 g/mol. The second-order valence-electron chi connectivity index (χ2n) is 14.2. The van der Waals surface area contributed by atoms with Gasteiger partial charge in [0.1, 0.15) is 5.75 Å². The van der Waals surface area contributed by atoms with Crippen LogP contribution in [0.2, 0.25) is 5.02 Å². The molecule has 6 rings (SSSR count). The fraction of sp³-hybridized carbons (Fsp3) is 0.583.